The van der Waals surface area contributed by atoms with E-state index in [1.54, 1.807) is 11.8 Å². The number of carbonyl (C=O) groups excluding carboxylic acids is 1. The number of hydrogen-bond donors (Lipinski definition) is 2. The van der Waals surface area contributed by atoms with Gasteiger partial charge in [0.15, 0.2) is 5.43 Å². The molecule has 5 nitrogen and oxygen atoms in total. The normalized spacial score (nSPS) is 16.6. The monoisotopic (exact) mass is 263 g/mol. The quantitative estimate of drug-likeness (QED) is 0.849. The average molecular weight is 263 g/mol. The van der Waals surface area contributed by atoms with Gasteiger partial charge in [-0.3, -0.25) is 9.59 Å². The summed E-state index contributed by atoms with van der Waals surface area (Å²) in [6.07, 6.45) is 4.50. The number of aryl methyl sites for hydroxylation is 1. The van der Waals surface area contributed by atoms with Gasteiger partial charge in [-0.2, -0.15) is 0 Å². The molecule has 0 atom stereocenters. The van der Waals surface area contributed by atoms with Crippen LogP contribution in [0.15, 0.2) is 17.1 Å². The first-order chi connectivity index (χ1) is 9.11. The number of nitrogens with zero attached hydrogens (tertiary/aromatic N) is 1. The van der Waals surface area contributed by atoms with Crippen LogP contribution >= 0.6 is 0 Å². The average Bonchev–Trinajstić information content (AvgIpc) is 2.39. The molecule has 0 unspecified atom stereocenters. The molecule has 1 aromatic heterocycles. The highest BCUT2D eigenvalue weighted by Crippen LogP contribution is 2.20. The van der Waals surface area contributed by atoms with Gasteiger partial charge in [0.05, 0.1) is 0 Å². The molecule has 0 saturated carbocycles. The second-order valence-corrected chi connectivity index (χ2v) is 5.21. The van der Waals surface area contributed by atoms with E-state index < -0.39 is 0 Å². The van der Waals surface area contributed by atoms with Crippen LogP contribution in [0.1, 0.15) is 35.3 Å². The smallest absolute Gasteiger partial charge is 0.259 e. The number of piperidine rings is 1. The fourth-order valence-corrected chi connectivity index (χ4v) is 2.57. The lowest BCUT2D eigenvalue weighted by Crippen LogP contribution is -2.40. The van der Waals surface area contributed by atoms with Crippen molar-refractivity contribution in [3.63, 3.8) is 0 Å². The van der Waals surface area contributed by atoms with Gasteiger partial charge in [0.2, 0.25) is 0 Å². The number of amides is 1. The third kappa shape index (κ3) is 3.23. The zero-order valence-corrected chi connectivity index (χ0v) is 11.3. The molecule has 5 heteroatoms. The molecule has 3 N–H and O–H groups in total. The lowest BCUT2D eigenvalue weighted by Gasteiger charge is -2.31. The molecule has 1 aromatic rings. The molecule has 0 radical (unpaired) electrons. The summed E-state index contributed by atoms with van der Waals surface area (Å²) in [5, 5.41) is 0. The third-order valence-corrected chi connectivity index (χ3v) is 3.76. The first-order valence-corrected chi connectivity index (χ1v) is 6.80. The van der Waals surface area contributed by atoms with Gasteiger partial charge in [0.1, 0.15) is 5.56 Å². The van der Waals surface area contributed by atoms with Crippen molar-refractivity contribution in [2.75, 3.05) is 19.6 Å². The highest BCUT2D eigenvalue weighted by Gasteiger charge is 2.24. The number of nitrogens with two attached hydrogens (primary N) is 1. The zero-order valence-electron chi connectivity index (χ0n) is 11.3. The van der Waals surface area contributed by atoms with Crippen LogP contribution < -0.4 is 11.2 Å². The molecule has 19 heavy (non-hydrogen) atoms. The fraction of sp³-hybridized carbons (Fsp3) is 0.571. The number of hydrogen-bond acceptors (Lipinski definition) is 3. The molecule has 0 aliphatic carbocycles. The van der Waals surface area contributed by atoms with Gasteiger partial charge < -0.3 is 15.6 Å². The Morgan fingerprint density at radius 3 is 2.74 bits per heavy atom. The van der Waals surface area contributed by atoms with Crippen molar-refractivity contribution in [1.82, 2.24) is 9.88 Å². The summed E-state index contributed by atoms with van der Waals surface area (Å²) in [6, 6.07) is 1.47. The Morgan fingerprint density at radius 1 is 1.47 bits per heavy atom. The predicted molar refractivity (Wildman–Crippen MR) is 74.1 cm³/mol. The summed E-state index contributed by atoms with van der Waals surface area (Å²) in [6.45, 7) is 3.94. The maximum Gasteiger partial charge on any atom is 0.259 e. The number of nitrogens with one attached hydrogen (secondary N) is 1. The van der Waals surface area contributed by atoms with Gasteiger partial charge >= 0.3 is 0 Å². The molecular weight excluding hydrogens is 242 g/mol. The van der Waals surface area contributed by atoms with Crippen LogP contribution in [-0.4, -0.2) is 35.4 Å². The molecule has 0 spiro atoms. The topological polar surface area (TPSA) is 79.2 Å². The number of likely N-dealkylation sites (tertiary alicyclic amines) is 1. The maximum absolute atomic E-state index is 12.3. The van der Waals surface area contributed by atoms with Crippen molar-refractivity contribution in [3.05, 3.63) is 33.7 Å². The summed E-state index contributed by atoms with van der Waals surface area (Å²) < 4.78 is 0. The minimum atomic E-state index is -0.203. The zero-order chi connectivity index (χ0) is 13.8. The Morgan fingerprint density at radius 2 is 2.16 bits per heavy atom. The van der Waals surface area contributed by atoms with Crippen LogP contribution in [0.2, 0.25) is 0 Å². The molecule has 1 aliphatic rings. The molecule has 1 fully saturated rings. The summed E-state index contributed by atoms with van der Waals surface area (Å²) >= 11 is 0. The van der Waals surface area contributed by atoms with Gasteiger partial charge in [0, 0.05) is 31.0 Å². The van der Waals surface area contributed by atoms with E-state index in [1.165, 1.54) is 12.3 Å². The minimum Gasteiger partial charge on any atom is -0.364 e. The number of H-pyrrole nitrogens is 1. The Labute approximate surface area is 112 Å². The Kier molecular flexibility index (Phi) is 4.37. The number of rotatable bonds is 3. The minimum absolute atomic E-state index is 0.160. The van der Waals surface area contributed by atoms with Crippen LogP contribution in [0.3, 0.4) is 0 Å². The first kappa shape index (κ1) is 13.8. The summed E-state index contributed by atoms with van der Waals surface area (Å²) in [5.74, 6) is 0.456. The van der Waals surface area contributed by atoms with Crippen molar-refractivity contribution < 1.29 is 4.79 Å². The number of pyridine rings is 1. The lowest BCUT2D eigenvalue weighted by atomic mass is 9.93. The molecule has 2 heterocycles. The van der Waals surface area contributed by atoms with Crippen LogP contribution in [0, 0.1) is 12.8 Å². The Balaban J connectivity index is 2.03. The number of aromatic nitrogens is 1. The van der Waals surface area contributed by atoms with E-state index in [2.05, 4.69) is 4.98 Å². The van der Waals surface area contributed by atoms with E-state index in [4.69, 9.17) is 5.73 Å². The maximum atomic E-state index is 12.3. The van der Waals surface area contributed by atoms with Gasteiger partial charge in [0.25, 0.3) is 5.91 Å². The van der Waals surface area contributed by atoms with E-state index in [-0.39, 0.29) is 16.9 Å². The first-order valence-electron chi connectivity index (χ1n) is 6.80. The second-order valence-electron chi connectivity index (χ2n) is 5.21. The SMILES string of the molecule is Cc1cc(=O)c(C(=O)N2CCC(CCN)CC2)c[nH]1. The van der Waals surface area contributed by atoms with Gasteiger partial charge in [-0.05, 0) is 38.6 Å². The molecule has 2 rings (SSSR count). The van der Waals surface area contributed by atoms with Crippen LogP contribution in [-0.2, 0) is 0 Å². The van der Waals surface area contributed by atoms with Crippen molar-refractivity contribution >= 4 is 5.91 Å². The van der Waals surface area contributed by atoms with E-state index in [0.717, 1.165) is 38.0 Å². The van der Waals surface area contributed by atoms with Crippen LogP contribution in [0.5, 0.6) is 0 Å². The predicted octanol–water partition coefficient (Wildman–Crippen LogP) is 0.884. The summed E-state index contributed by atoms with van der Waals surface area (Å²) in [7, 11) is 0. The molecule has 104 valence electrons. The summed E-state index contributed by atoms with van der Waals surface area (Å²) in [5.41, 5.74) is 6.36. The van der Waals surface area contributed by atoms with Crippen LogP contribution in [0.25, 0.3) is 0 Å². The molecule has 0 aromatic carbocycles. The molecule has 1 aliphatic heterocycles. The molecule has 0 bridgehead atoms. The van der Waals surface area contributed by atoms with Crippen molar-refractivity contribution in [2.45, 2.75) is 26.2 Å². The van der Waals surface area contributed by atoms with Gasteiger partial charge in [-0.25, -0.2) is 0 Å². The fourth-order valence-electron chi connectivity index (χ4n) is 2.57. The highest BCUT2D eigenvalue weighted by atomic mass is 16.2. The third-order valence-electron chi connectivity index (χ3n) is 3.76. The van der Waals surface area contributed by atoms with Gasteiger partial charge in [-0.1, -0.05) is 0 Å². The second kappa shape index (κ2) is 6.02. The molecular formula is C14H21N3O2. The van der Waals surface area contributed by atoms with Crippen LogP contribution in [0.4, 0.5) is 0 Å². The standard InChI is InChI=1S/C14H21N3O2/c1-10-8-13(18)12(9-16-10)14(19)17-6-3-11(2-5-15)4-7-17/h8-9,11H,2-7,15H2,1H3,(H,16,18). The van der Waals surface area contributed by atoms with Crippen molar-refractivity contribution in [2.24, 2.45) is 11.7 Å². The molecule has 1 amide bonds. The van der Waals surface area contributed by atoms with Crippen molar-refractivity contribution in [3.8, 4) is 0 Å². The Bertz CT molecular complexity index is 502. The van der Waals surface area contributed by atoms with E-state index in [0.29, 0.717) is 12.5 Å². The number of aromatic amines is 1. The largest absolute Gasteiger partial charge is 0.364 e. The van der Waals surface area contributed by atoms with E-state index in [1.807, 2.05) is 0 Å². The Hall–Kier alpha value is -1.62. The molecule has 1 saturated heterocycles. The number of carbonyl (C=O) groups is 1. The highest BCUT2D eigenvalue weighted by molar-refractivity contribution is 5.93. The van der Waals surface area contributed by atoms with E-state index >= 15 is 0 Å². The summed E-state index contributed by atoms with van der Waals surface area (Å²) in [4.78, 5) is 28.8. The lowest BCUT2D eigenvalue weighted by molar-refractivity contribution is 0.0686. The van der Waals surface area contributed by atoms with E-state index in [9.17, 15) is 9.59 Å². The van der Waals surface area contributed by atoms with Gasteiger partial charge in [-0.15, -0.1) is 0 Å². The van der Waals surface area contributed by atoms with Crippen molar-refractivity contribution in [1.29, 1.82) is 0 Å².